The van der Waals surface area contributed by atoms with E-state index in [9.17, 15) is 22.4 Å². The highest BCUT2D eigenvalue weighted by Crippen LogP contribution is 2.34. The smallest absolute Gasteiger partial charge is 0.244 e. The highest BCUT2D eigenvalue weighted by molar-refractivity contribution is 7.92. The highest BCUT2D eigenvalue weighted by Gasteiger charge is 2.31. The van der Waals surface area contributed by atoms with E-state index in [0.717, 1.165) is 10.6 Å². The fraction of sp³-hybridized carbons (Fsp3) is 0.440. The Bertz CT molecular complexity index is 1200. The Morgan fingerprint density at radius 2 is 1.72 bits per heavy atom. The van der Waals surface area contributed by atoms with E-state index in [1.807, 2.05) is 13.8 Å². The molecule has 2 amide bonds. The number of carbonyl (C=O) groups excluding carboxylic acids is 2. The molecule has 11 heteroatoms. The molecule has 0 bridgehead atoms. The molecule has 0 saturated heterocycles. The van der Waals surface area contributed by atoms with Gasteiger partial charge < -0.3 is 19.7 Å². The molecule has 0 saturated carbocycles. The minimum Gasteiger partial charge on any atom is -0.486 e. The Kier molecular flexibility index (Phi) is 8.78. The van der Waals surface area contributed by atoms with Gasteiger partial charge in [0.15, 0.2) is 11.5 Å². The quantitative estimate of drug-likeness (QED) is 0.515. The summed E-state index contributed by atoms with van der Waals surface area (Å²) in [5.74, 6) is -0.583. The van der Waals surface area contributed by atoms with Crippen molar-refractivity contribution in [3.8, 4) is 11.5 Å². The van der Waals surface area contributed by atoms with Crippen LogP contribution in [0.15, 0.2) is 42.5 Å². The number of hydrogen-bond donors (Lipinski definition) is 1. The molecule has 0 spiro atoms. The zero-order valence-electron chi connectivity index (χ0n) is 20.9. The van der Waals surface area contributed by atoms with Gasteiger partial charge in [-0.2, -0.15) is 0 Å². The molecule has 2 aromatic rings. The average Bonchev–Trinajstić information content (AvgIpc) is 2.83. The van der Waals surface area contributed by atoms with Crippen LogP contribution in [0.1, 0.15) is 26.3 Å². The van der Waals surface area contributed by atoms with Crippen LogP contribution in [0.3, 0.4) is 0 Å². The van der Waals surface area contributed by atoms with Gasteiger partial charge in [-0.15, -0.1) is 0 Å². The molecule has 1 unspecified atom stereocenters. The first-order valence-corrected chi connectivity index (χ1v) is 13.5. The van der Waals surface area contributed by atoms with Gasteiger partial charge in [-0.1, -0.05) is 32.0 Å². The lowest BCUT2D eigenvalue weighted by atomic mass is 10.1. The lowest BCUT2D eigenvalue weighted by Gasteiger charge is -2.32. The molecule has 1 aliphatic rings. The van der Waals surface area contributed by atoms with Gasteiger partial charge in [-0.05, 0) is 31.0 Å². The molecular weight excluding hydrogens is 489 g/mol. The van der Waals surface area contributed by atoms with E-state index in [0.29, 0.717) is 31.3 Å². The second-order valence-electron chi connectivity index (χ2n) is 9.03. The molecule has 0 aromatic heterocycles. The topological polar surface area (TPSA) is 105 Å². The van der Waals surface area contributed by atoms with Gasteiger partial charge in [0.2, 0.25) is 21.8 Å². The van der Waals surface area contributed by atoms with E-state index in [-0.39, 0.29) is 23.7 Å². The van der Waals surface area contributed by atoms with Crippen molar-refractivity contribution in [3.05, 3.63) is 53.8 Å². The summed E-state index contributed by atoms with van der Waals surface area (Å²) in [4.78, 5) is 27.5. The summed E-state index contributed by atoms with van der Waals surface area (Å²) in [6.07, 6.45) is 0.983. The van der Waals surface area contributed by atoms with E-state index in [4.69, 9.17) is 9.47 Å². The highest BCUT2D eigenvalue weighted by atomic mass is 32.2. The van der Waals surface area contributed by atoms with Crippen molar-refractivity contribution in [3.63, 3.8) is 0 Å². The van der Waals surface area contributed by atoms with E-state index >= 15 is 0 Å². The number of sulfonamides is 1. The maximum Gasteiger partial charge on any atom is 0.244 e. The first-order valence-electron chi connectivity index (χ1n) is 11.6. The van der Waals surface area contributed by atoms with Gasteiger partial charge in [-0.25, -0.2) is 12.8 Å². The van der Waals surface area contributed by atoms with Crippen LogP contribution in [-0.2, 0) is 26.2 Å². The lowest BCUT2D eigenvalue weighted by Crippen LogP contribution is -2.51. The van der Waals surface area contributed by atoms with E-state index in [2.05, 4.69) is 5.32 Å². The summed E-state index contributed by atoms with van der Waals surface area (Å²) in [5.41, 5.74) is 0.414. The maximum absolute atomic E-state index is 14.4. The summed E-state index contributed by atoms with van der Waals surface area (Å²) in [6.45, 7) is 5.70. The number of hydrogen-bond acceptors (Lipinski definition) is 6. The number of halogens is 1. The van der Waals surface area contributed by atoms with E-state index < -0.39 is 40.2 Å². The van der Waals surface area contributed by atoms with Crippen molar-refractivity contribution in [2.24, 2.45) is 5.92 Å². The average molecular weight is 522 g/mol. The molecule has 3 rings (SSSR count). The predicted octanol–water partition coefficient (Wildman–Crippen LogP) is 2.55. The molecule has 9 nitrogen and oxygen atoms in total. The number of nitrogens with one attached hydrogen (secondary N) is 1. The summed E-state index contributed by atoms with van der Waals surface area (Å²) < 4.78 is 51.8. The van der Waals surface area contributed by atoms with Crippen LogP contribution in [0.5, 0.6) is 11.5 Å². The van der Waals surface area contributed by atoms with Gasteiger partial charge in [0, 0.05) is 24.7 Å². The number of benzene rings is 2. The molecule has 2 aromatic carbocycles. The van der Waals surface area contributed by atoms with Crippen molar-refractivity contribution < 1.29 is 31.9 Å². The van der Waals surface area contributed by atoms with Crippen molar-refractivity contribution in [2.45, 2.75) is 33.4 Å². The van der Waals surface area contributed by atoms with Crippen LogP contribution in [0, 0.1) is 11.7 Å². The third kappa shape index (κ3) is 6.87. The van der Waals surface area contributed by atoms with Gasteiger partial charge in [-0.3, -0.25) is 13.9 Å². The maximum atomic E-state index is 14.4. The van der Waals surface area contributed by atoms with Gasteiger partial charge >= 0.3 is 0 Å². The van der Waals surface area contributed by atoms with Crippen molar-refractivity contribution in [1.29, 1.82) is 0 Å². The number of amides is 2. The Hall–Kier alpha value is -3.34. The van der Waals surface area contributed by atoms with Crippen LogP contribution in [0.2, 0.25) is 0 Å². The molecule has 1 aliphatic heterocycles. The first kappa shape index (κ1) is 27.3. The van der Waals surface area contributed by atoms with Crippen molar-refractivity contribution >= 4 is 27.5 Å². The number of nitrogens with zero attached hydrogens (tertiary/aromatic N) is 2. The third-order valence-electron chi connectivity index (χ3n) is 5.64. The lowest BCUT2D eigenvalue weighted by molar-refractivity contribution is -0.139. The van der Waals surface area contributed by atoms with Crippen LogP contribution >= 0.6 is 0 Å². The molecular formula is C25H32FN3O6S. The molecule has 0 fully saturated rings. The summed E-state index contributed by atoms with van der Waals surface area (Å²) in [5, 5.41) is 2.78. The molecule has 36 heavy (non-hydrogen) atoms. The van der Waals surface area contributed by atoms with Crippen LogP contribution < -0.4 is 19.1 Å². The van der Waals surface area contributed by atoms with Gasteiger partial charge in [0.25, 0.3) is 0 Å². The largest absolute Gasteiger partial charge is 0.486 e. The zero-order chi connectivity index (χ0) is 26.5. The summed E-state index contributed by atoms with van der Waals surface area (Å²) in [7, 11) is -3.91. The molecule has 0 radical (unpaired) electrons. The fourth-order valence-electron chi connectivity index (χ4n) is 3.65. The third-order valence-corrected chi connectivity index (χ3v) is 6.78. The second kappa shape index (κ2) is 11.6. The monoisotopic (exact) mass is 521 g/mol. The predicted molar refractivity (Wildman–Crippen MR) is 134 cm³/mol. The molecule has 0 aliphatic carbocycles. The summed E-state index contributed by atoms with van der Waals surface area (Å²) in [6, 6.07) is 9.54. The van der Waals surface area contributed by atoms with Crippen molar-refractivity contribution in [2.75, 3.05) is 36.9 Å². The summed E-state index contributed by atoms with van der Waals surface area (Å²) >= 11 is 0. The Balaban J connectivity index is 1.91. The molecule has 1 heterocycles. The number of anilines is 1. The number of fused-ring (bicyclic) bond motifs is 1. The van der Waals surface area contributed by atoms with Crippen LogP contribution in [-0.4, -0.2) is 63.7 Å². The van der Waals surface area contributed by atoms with E-state index in [1.165, 1.54) is 42.2 Å². The minimum absolute atomic E-state index is 0.188. The van der Waals surface area contributed by atoms with Crippen molar-refractivity contribution in [1.82, 2.24) is 10.2 Å². The van der Waals surface area contributed by atoms with E-state index in [1.54, 1.807) is 12.1 Å². The standard InChI is InChI=1S/C25H32FN3O6S/c1-17(2)14-27-25(31)18(3)28(15-19-7-5-6-8-21(19)26)24(30)16-29(36(4,32)33)20-9-10-22-23(13-20)35-12-11-34-22/h5-10,13,17-18H,11-12,14-16H2,1-4H3,(H,27,31). The normalized spacial score (nSPS) is 13.7. The number of ether oxygens (including phenoxy) is 2. The molecule has 1 N–H and O–H groups in total. The van der Waals surface area contributed by atoms with Gasteiger partial charge in [0.1, 0.15) is 31.6 Å². The van der Waals surface area contributed by atoms with Gasteiger partial charge in [0.05, 0.1) is 11.9 Å². The molecule has 196 valence electrons. The number of carbonyl (C=O) groups is 2. The Morgan fingerprint density at radius 1 is 1.06 bits per heavy atom. The van der Waals surface area contributed by atoms with Crippen LogP contribution in [0.25, 0.3) is 0 Å². The zero-order valence-corrected chi connectivity index (χ0v) is 21.7. The minimum atomic E-state index is -3.91. The Labute approximate surface area is 211 Å². The number of rotatable bonds is 10. The first-order chi connectivity index (χ1) is 17.0. The Morgan fingerprint density at radius 3 is 2.36 bits per heavy atom. The fourth-order valence-corrected chi connectivity index (χ4v) is 4.49. The molecule has 1 atom stereocenters. The SMILES string of the molecule is CC(C)CNC(=O)C(C)N(Cc1ccccc1F)C(=O)CN(c1ccc2c(c1)OCCO2)S(C)(=O)=O. The second-order valence-corrected chi connectivity index (χ2v) is 10.9. The van der Waals surface area contributed by atoms with Crippen LogP contribution in [0.4, 0.5) is 10.1 Å².